The molecular formula is C48H58F2K2N4O11. The van der Waals surface area contributed by atoms with Crippen molar-refractivity contribution in [1.29, 1.82) is 0 Å². The summed E-state index contributed by atoms with van der Waals surface area (Å²) in [5.74, 6) is 1.16. The van der Waals surface area contributed by atoms with Crippen molar-refractivity contribution >= 4 is 18.3 Å². The van der Waals surface area contributed by atoms with Gasteiger partial charge in [-0.3, -0.25) is 14.4 Å². The van der Waals surface area contributed by atoms with E-state index in [2.05, 4.69) is 14.9 Å². The van der Waals surface area contributed by atoms with Gasteiger partial charge in [-0.2, -0.15) is 0 Å². The third kappa shape index (κ3) is 15.4. The average Bonchev–Trinajstić information content (AvgIpc) is 3.27. The van der Waals surface area contributed by atoms with E-state index in [0.29, 0.717) is 93.3 Å². The summed E-state index contributed by atoms with van der Waals surface area (Å²) in [4.78, 5) is 48.8. The number of piperidine rings is 2. The molecule has 6 heterocycles. The van der Waals surface area contributed by atoms with E-state index in [0.717, 1.165) is 11.1 Å². The summed E-state index contributed by atoms with van der Waals surface area (Å²) in [6.07, 6.45) is 6.42. The largest absolute Gasteiger partial charge is 1.00 e. The van der Waals surface area contributed by atoms with Gasteiger partial charge in [0.05, 0.1) is 42.9 Å². The Bertz CT molecular complexity index is 2250. The molecule has 2 fully saturated rings. The molecule has 0 saturated carbocycles. The van der Waals surface area contributed by atoms with Crippen LogP contribution in [0.2, 0.25) is 0 Å². The zero-order valence-corrected chi connectivity index (χ0v) is 45.8. The van der Waals surface area contributed by atoms with E-state index in [9.17, 15) is 23.5 Å². The summed E-state index contributed by atoms with van der Waals surface area (Å²) >= 11 is 0. The molecule has 2 saturated heterocycles. The van der Waals surface area contributed by atoms with E-state index >= 15 is 0 Å². The number of halogens is 2. The first-order chi connectivity index (χ1) is 31.0. The topological polar surface area (TPSA) is 182 Å². The second kappa shape index (κ2) is 26.0. The standard InChI is InChI=1S/C25H31FN2O4.C22H25FN2O4.CH2O3.2K.H/c1-16(2)30-19-6-7-21(27-15-19)24(29)28-11-9-25(10-12-28)14-23(31-17(3)4)20-13-18(26)5-8-22(20)32-25;1-14(2)28-20-12-22(29-19-6-3-15(23)11-17(19)20)7-9-25(10-8-22)21(27)18-5-4-16(26)13-24-18;2-1-4-3;;;/h5-8,13,15-17,23H,9-12,14H2,1-4H3;3-6,11,13-14,20,26H,7-10,12H2,1-2H3;1,3H;;;/q;;;2*+1;-1/p-1/t23-;20-;;;;/m11..../s1. The predicted molar refractivity (Wildman–Crippen MR) is 231 cm³/mol. The number of rotatable bonds is 9. The monoisotopic (exact) mass is 982 g/mol. The second-order valence-electron chi connectivity index (χ2n) is 17.4. The second-order valence-corrected chi connectivity index (χ2v) is 17.4. The van der Waals surface area contributed by atoms with E-state index in [1.54, 1.807) is 35.4 Å². The molecule has 2 spiro atoms. The van der Waals surface area contributed by atoms with Crippen molar-refractivity contribution in [3.05, 3.63) is 107 Å². The molecule has 2 aromatic carbocycles. The number of aromatic nitrogens is 2. The number of ether oxygens (including phenoxy) is 5. The summed E-state index contributed by atoms with van der Waals surface area (Å²) < 4.78 is 58.2. The minimum atomic E-state index is -0.441. The van der Waals surface area contributed by atoms with Crippen molar-refractivity contribution in [2.45, 2.75) is 122 Å². The number of pyridine rings is 2. The number of nitrogens with zero attached hydrogens (tertiary/aromatic N) is 4. The molecule has 2 atom stereocenters. The van der Waals surface area contributed by atoms with Crippen LogP contribution in [0.25, 0.3) is 0 Å². The number of amides is 2. The minimum Gasteiger partial charge on any atom is -1.00 e. The fourth-order valence-electron chi connectivity index (χ4n) is 8.61. The number of hydrogen-bond donors (Lipinski definition) is 1. The number of hydrogen-bond acceptors (Lipinski definition) is 13. The van der Waals surface area contributed by atoms with Gasteiger partial charge in [0.25, 0.3) is 18.3 Å². The van der Waals surface area contributed by atoms with Crippen molar-refractivity contribution in [3.63, 3.8) is 0 Å². The number of carbonyl (C=O) groups is 3. The Hall–Kier alpha value is -2.64. The van der Waals surface area contributed by atoms with E-state index in [1.165, 1.54) is 42.6 Å². The molecule has 19 heteroatoms. The zero-order chi connectivity index (χ0) is 46.9. The number of benzene rings is 2. The van der Waals surface area contributed by atoms with E-state index in [4.69, 9.17) is 33.7 Å². The van der Waals surface area contributed by atoms with E-state index < -0.39 is 11.2 Å². The quantitative estimate of drug-likeness (QED) is 0.110. The molecule has 15 nitrogen and oxygen atoms in total. The summed E-state index contributed by atoms with van der Waals surface area (Å²) in [6, 6.07) is 15.6. The third-order valence-corrected chi connectivity index (χ3v) is 11.5. The van der Waals surface area contributed by atoms with Crippen molar-refractivity contribution in [3.8, 4) is 23.0 Å². The van der Waals surface area contributed by atoms with Gasteiger partial charge in [0.15, 0.2) is 0 Å². The molecule has 4 aliphatic heterocycles. The molecule has 0 bridgehead atoms. The molecule has 0 aliphatic carbocycles. The number of carbonyl (C=O) groups excluding carboxylic acids is 3. The SMILES string of the molecule is CC(C)O[C@@H]1CC2(CCN(C(=O)c3ccc(O)cn3)CC2)Oc2ccc(F)cc21.CC(C)Oc1ccc(C(=O)N2CCC3(CC2)C[C@@H](OC(C)C)c2cc(F)ccc2O3)nc1.O=CO[O-].[H-].[K+].[K+]. The van der Waals surface area contributed by atoms with Gasteiger partial charge in [0.2, 0.25) is 0 Å². The van der Waals surface area contributed by atoms with Crippen LogP contribution in [0.15, 0.2) is 73.1 Å². The molecule has 2 aromatic heterocycles. The Morgan fingerprint density at radius 3 is 1.48 bits per heavy atom. The Labute approximate surface area is 476 Å². The molecule has 2 amide bonds. The number of likely N-dealkylation sites (tertiary alicyclic amines) is 2. The first-order valence-electron chi connectivity index (χ1n) is 21.9. The summed E-state index contributed by atoms with van der Waals surface area (Å²) in [5.41, 5.74) is 1.35. The fraction of sp³-hybridized carbons (Fsp3) is 0.479. The Balaban J connectivity index is 0.000000322. The predicted octanol–water partition coefficient (Wildman–Crippen LogP) is 1.34. The maximum absolute atomic E-state index is 13.9. The van der Waals surface area contributed by atoms with Crippen LogP contribution in [-0.2, 0) is 19.2 Å². The van der Waals surface area contributed by atoms with Crippen LogP contribution in [0, 0.1) is 11.6 Å². The van der Waals surface area contributed by atoms with Gasteiger partial charge in [-0.15, -0.1) is 0 Å². The minimum absolute atomic E-state index is 0. The summed E-state index contributed by atoms with van der Waals surface area (Å²) in [5, 5.41) is 17.8. The van der Waals surface area contributed by atoms with Crippen LogP contribution in [0.4, 0.5) is 8.78 Å². The van der Waals surface area contributed by atoms with Gasteiger partial charge >= 0.3 is 103 Å². The van der Waals surface area contributed by atoms with Gasteiger partial charge in [-0.05, 0) is 102 Å². The maximum Gasteiger partial charge on any atom is 1.00 e. The van der Waals surface area contributed by atoms with Gasteiger partial charge in [-0.25, -0.2) is 18.7 Å². The van der Waals surface area contributed by atoms with Crippen LogP contribution in [-0.4, -0.2) is 98.9 Å². The molecule has 1 N–H and O–H groups in total. The van der Waals surface area contributed by atoms with Gasteiger partial charge in [-0.1, -0.05) is 0 Å². The fourth-order valence-corrected chi connectivity index (χ4v) is 8.61. The Morgan fingerprint density at radius 2 is 1.13 bits per heavy atom. The smallest absolute Gasteiger partial charge is 1.00 e. The van der Waals surface area contributed by atoms with Crippen molar-refractivity contribution in [2.24, 2.45) is 0 Å². The van der Waals surface area contributed by atoms with E-state index in [1.807, 2.05) is 46.4 Å². The number of fused-ring (bicyclic) bond motifs is 2. The molecule has 8 rings (SSSR count). The van der Waals surface area contributed by atoms with Crippen LogP contribution in [0.5, 0.6) is 23.0 Å². The van der Waals surface area contributed by atoms with Crippen LogP contribution >= 0.6 is 0 Å². The summed E-state index contributed by atoms with van der Waals surface area (Å²) in [6.45, 7) is 13.8. The average molecular weight is 983 g/mol. The molecular weight excluding hydrogens is 925 g/mol. The van der Waals surface area contributed by atoms with Crippen LogP contribution < -0.4 is 122 Å². The number of aromatic hydroxyl groups is 1. The molecule has 0 unspecified atom stereocenters. The van der Waals surface area contributed by atoms with E-state index in [-0.39, 0.29) is 170 Å². The summed E-state index contributed by atoms with van der Waals surface area (Å²) in [7, 11) is 0. The van der Waals surface area contributed by atoms with Gasteiger partial charge < -0.3 is 50.2 Å². The molecule has 4 aliphatic rings. The maximum atomic E-state index is 13.9. The third-order valence-electron chi connectivity index (χ3n) is 11.5. The molecule has 67 heavy (non-hydrogen) atoms. The van der Waals surface area contributed by atoms with Crippen LogP contribution in [0.3, 0.4) is 0 Å². The zero-order valence-electron chi connectivity index (χ0n) is 40.5. The first kappa shape index (κ1) is 56.9. The molecule has 0 radical (unpaired) electrons. The van der Waals surface area contributed by atoms with Crippen molar-refractivity contribution < 1.29 is 166 Å². The normalized spacial score (nSPS) is 18.6. The molecule has 352 valence electrons. The van der Waals surface area contributed by atoms with Gasteiger partial charge in [0, 0.05) is 75.8 Å². The Kier molecular flexibility index (Phi) is 22.1. The van der Waals surface area contributed by atoms with Crippen LogP contribution in [0.1, 0.15) is 126 Å². The first-order valence-corrected chi connectivity index (χ1v) is 21.9. The van der Waals surface area contributed by atoms with Crippen molar-refractivity contribution in [2.75, 3.05) is 26.2 Å². The Morgan fingerprint density at radius 1 is 0.716 bits per heavy atom. The van der Waals surface area contributed by atoms with Crippen molar-refractivity contribution in [1.82, 2.24) is 19.8 Å². The van der Waals surface area contributed by atoms with Gasteiger partial charge in [0.1, 0.15) is 57.2 Å². The molecule has 4 aromatic rings.